The first-order chi connectivity index (χ1) is 8.06. The molecule has 3 nitrogen and oxygen atoms in total. The molecule has 1 rings (SSSR count). The van der Waals surface area contributed by atoms with Crippen molar-refractivity contribution in [1.29, 1.82) is 0 Å². The van der Waals surface area contributed by atoms with Gasteiger partial charge in [0.05, 0.1) is 4.90 Å². The highest BCUT2D eigenvalue weighted by atomic mass is 32.2. The number of rotatable bonds is 3. The van der Waals surface area contributed by atoms with Crippen LogP contribution in [-0.4, -0.2) is 19.5 Å². The van der Waals surface area contributed by atoms with Gasteiger partial charge >= 0.3 is 0 Å². The van der Waals surface area contributed by atoms with Crippen molar-refractivity contribution in [1.82, 2.24) is 0 Å². The Labute approximate surface area is 109 Å². The summed E-state index contributed by atoms with van der Waals surface area (Å²) in [5, 5.41) is -0.988. The van der Waals surface area contributed by atoms with E-state index in [-0.39, 0.29) is 16.1 Å². The maximum atomic E-state index is 12.1. The monoisotopic (exact) mass is 268 g/mol. The summed E-state index contributed by atoms with van der Waals surface area (Å²) < 4.78 is 24.2. The fraction of sp³-hybridized carbons (Fsp3) is 0.500. The van der Waals surface area contributed by atoms with Gasteiger partial charge in [-0.2, -0.15) is 0 Å². The zero-order valence-corrected chi connectivity index (χ0v) is 12.3. The van der Waals surface area contributed by atoms with Crippen LogP contribution in [0.3, 0.4) is 0 Å². The summed E-state index contributed by atoms with van der Waals surface area (Å²) >= 11 is 0. The molecule has 0 aliphatic rings. The third-order valence-electron chi connectivity index (χ3n) is 3.09. The van der Waals surface area contributed by atoms with Crippen LogP contribution in [-0.2, 0) is 20.0 Å². The summed E-state index contributed by atoms with van der Waals surface area (Å²) in [5.41, 5.74) is 1.05. The summed E-state index contributed by atoms with van der Waals surface area (Å²) in [4.78, 5) is 11.4. The second-order valence-corrected chi connectivity index (χ2v) is 7.84. The zero-order valence-electron chi connectivity index (χ0n) is 11.5. The molecule has 1 atom stereocenters. The van der Waals surface area contributed by atoms with E-state index < -0.39 is 15.1 Å². The van der Waals surface area contributed by atoms with Gasteiger partial charge in [0.15, 0.2) is 9.84 Å². The third kappa shape index (κ3) is 2.99. The Morgan fingerprint density at radius 2 is 1.56 bits per heavy atom. The molecule has 0 N–H and O–H groups in total. The van der Waals surface area contributed by atoms with Crippen LogP contribution in [0.2, 0.25) is 0 Å². The Bertz CT molecular complexity index is 533. The molecule has 18 heavy (non-hydrogen) atoms. The van der Waals surface area contributed by atoms with Crippen molar-refractivity contribution in [2.45, 2.75) is 50.2 Å². The molecule has 0 aromatic heterocycles. The van der Waals surface area contributed by atoms with E-state index in [1.165, 1.54) is 13.8 Å². The van der Waals surface area contributed by atoms with Gasteiger partial charge in [-0.15, -0.1) is 0 Å². The standard InChI is InChI=1S/C14H20O3S/c1-10(15)11(2)18(16,17)13-8-6-12(7-9-13)14(3,4)5/h6-9,11H,1-5H3. The molecule has 0 bridgehead atoms. The summed E-state index contributed by atoms with van der Waals surface area (Å²) in [7, 11) is -3.55. The van der Waals surface area contributed by atoms with Gasteiger partial charge in [-0.3, -0.25) is 4.79 Å². The molecule has 0 heterocycles. The highest BCUT2D eigenvalue weighted by Gasteiger charge is 2.27. The van der Waals surface area contributed by atoms with Gasteiger partial charge < -0.3 is 0 Å². The Morgan fingerprint density at radius 1 is 1.11 bits per heavy atom. The molecule has 4 heteroatoms. The summed E-state index contributed by atoms with van der Waals surface area (Å²) in [6, 6.07) is 6.77. The smallest absolute Gasteiger partial charge is 0.188 e. The predicted octanol–water partition coefficient (Wildman–Crippen LogP) is 2.74. The summed E-state index contributed by atoms with van der Waals surface area (Å²) in [6.45, 7) is 8.92. The quantitative estimate of drug-likeness (QED) is 0.847. The van der Waals surface area contributed by atoms with E-state index in [0.29, 0.717) is 0 Å². The lowest BCUT2D eigenvalue weighted by molar-refractivity contribution is -0.116. The van der Waals surface area contributed by atoms with Crippen LogP contribution in [0, 0.1) is 0 Å². The molecule has 100 valence electrons. The summed E-state index contributed by atoms with van der Waals surface area (Å²) in [5.74, 6) is -0.338. The SMILES string of the molecule is CC(=O)C(C)S(=O)(=O)c1ccc(C(C)(C)C)cc1. The number of Topliss-reactive ketones (excluding diaryl/α,β-unsaturated/α-hetero) is 1. The molecular weight excluding hydrogens is 248 g/mol. The Hall–Kier alpha value is -1.16. The van der Waals surface area contributed by atoms with Gasteiger partial charge in [0.2, 0.25) is 0 Å². The number of hydrogen-bond donors (Lipinski definition) is 0. The molecule has 0 spiro atoms. The molecule has 0 radical (unpaired) electrons. The lowest BCUT2D eigenvalue weighted by Gasteiger charge is -2.19. The Morgan fingerprint density at radius 3 is 1.89 bits per heavy atom. The normalized spacial score (nSPS) is 14.3. The maximum absolute atomic E-state index is 12.1. The maximum Gasteiger partial charge on any atom is 0.188 e. The molecule has 0 fully saturated rings. The van der Waals surface area contributed by atoms with Gasteiger partial charge in [0.25, 0.3) is 0 Å². The number of sulfone groups is 1. The van der Waals surface area contributed by atoms with Crippen molar-refractivity contribution in [3.8, 4) is 0 Å². The minimum Gasteiger partial charge on any atom is -0.299 e. The van der Waals surface area contributed by atoms with E-state index in [4.69, 9.17) is 0 Å². The molecule has 1 unspecified atom stereocenters. The lowest BCUT2D eigenvalue weighted by atomic mass is 9.87. The molecule has 0 saturated carbocycles. The number of benzene rings is 1. The largest absolute Gasteiger partial charge is 0.299 e. The minimum absolute atomic E-state index is 0.0194. The van der Waals surface area contributed by atoms with Crippen molar-refractivity contribution in [3.63, 3.8) is 0 Å². The van der Waals surface area contributed by atoms with Crippen LogP contribution < -0.4 is 0 Å². The van der Waals surface area contributed by atoms with E-state index in [0.717, 1.165) is 5.56 Å². The zero-order chi connectivity index (χ0) is 14.1. The molecule has 0 aliphatic carbocycles. The van der Waals surface area contributed by atoms with Crippen LogP contribution in [0.25, 0.3) is 0 Å². The van der Waals surface area contributed by atoms with Crippen molar-refractivity contribution >= 4 is 15.6 Å². The van der Waals surface area contributed by atoms with Gasteiger partial charge in [0, 0.05) is 0 Å². The molecule has 1 aromatic rings. The first kappa shape index (κ1) is 14.9. The number of hydrogen-bond acceptors (Lipinski definition) is 3. The van der Waals surface area contributed by atoms with Crippen LogP contribution in [0.1, 0.15) is 40.2 Å². The first-order valence-corrected chi connectivity index (χ1v) is 7.46. The second kappa shape index (κ2) is 4.84. The Kier molecular flexibility index (Phi) is 4.01. The van der Waals surface area contributed by atoms with Crippen LogP contribution >= 0.6 is 0 Å². The van der Waals surface area contributed by atoms with Gasteiger partial charge in [-0.05, 0) is 37.0 Å². The average Bonchev–Trinajstić information content (AvgIpc) is 2.26. The van der Waals surface area contributed by atoms with Gasteiger partial charge in [-0.25, -0.2) is 8.42 Å². The number of ketones is 1. The van der Waals surface area contributed by atoms with Crippen molar-refractivity contribution in [2.24, 2.45) is 0 Å². The number of carbonyl (C=O) groups excluding carboxylic acids is 1. The second-order valence-electron chi connectivity index (χ2n) is 5.57. The van der Waals surface area contributed by atoms with E-state index in [1.807, 2.05) is 0 Å². The lowest BCUT2D eigenvalue weighted by Crippen LogP contribution is -2.25. The van der Waals surface area contributed by atoms with Gasteiger partial charge in [-0.1, -0.05) is 32.9 Å². The highest BCUT2D eigenvalue weighted by molar-refractivity contribution is 7.92. The third-order valence-corrected chi connectivity index (χ3v) is 5.28. The average molecular weight is 268 g/mol. The van der Waals surface area contributed by atoms with Crippen LogP contribution in [0.4, 0.5) is 0 Å². The summed E-state index contributed by atoms with van der Waals surface area (Å²) in [6.07, 6.45) is 0. The predicted molar refractivity (Wildman–Crippen MR) is 72.5 cm³/mol. The Balaban J connectivity index is 3.17. The van der Waals surface area contributed by atoms with Crippen LogP contribution in [0.5, 0.6) is 0 Å². The molecular formula is C14H20O3S. The van der Waals surface area contributed by atoms with E-state index in [1.54, 1.807) is 24.3 Å². The van der Waals surface area contributed by atoms with Crippen molar-refractivity contribution < 1.29 is 13.2 Å². The van der Waals surface area contributed by atoms with Gasteiger partial charge in [0.1, 0.15) is 11.0 Å². The molecule has 0 saturated heterocycles. The highest BCUT2D eigenvalue weighted by Crippen LogP contribution is 2.24. The van der Waals surface area contributed by atoms with Crippen LogP contribution in [0.15, 0.2) is 29.2 Å². The van der Waals surface area contributed by atoms with E-state index >= 15 is 0 Å². The number of carbonyl (C=O) groups is 1. The van der Waals surface area contributed by atoms with E-state index in [9.17, 15) is 13.2 Å². The molecule has 0 amide bonds. The van der Waals surface area contributed by atoms with Crippen molar-refractivity contribution in [3.05, 3.63) is 29.8 Å². The fourth-order valence-corrected chi connectivity index (χ4v) is 2.93. The topological polar surface area (TPSA) is 51.2 Å². The molecule has 1 aromatic carbocycles. The first-order valence-electron chi connectivity index (χ1n) is 5.91. The minimum atomic E-state index is -3.55. The molecule has 0 aliphatic heterocycles. The van der Waals surface area contributed by atoms with E-state index in [2.05, 4.69) is 20.8 Å². The van der Waals surface area contributed by atoms with Crippen molar-refractivity contribution in [2.75, 3.05) is 0 Å². The fourth-order valence-electron chi connectivity index (χ4n) is 1.57.